The van der Waals surface area contributed by atoms with E-state index in [9.17, 15) is 18.0 Å². The fourth-order valence-electron chi connectivity index (χ4n) is 2.99. The van der Waals surface area contributed by atoms with Crippen LogP contribution in [-0.4, -0.2) is 33.9 Å². The van der Waals surface area contributed by atoms with Gasteiger partial charge in [0, 0.05) is 12.7 Å². The van der Waals surface area contributed by atoms with Crippen molar-refractivity contribution >= 4 is 44.9 Å². The molecule has 1 N–H and O–H groups in total. The predicted molar refractivity (Wildman–Crippen MR) is 124 cm³/mol. The standard InChI is InChI=1S/C23H21ClN2O5S/c1-3-31-23(28)18-14-13-16(15-20(18)24)25-22(27)19-11-7-8-12-21(19)26(2)32(29,30)17-9-5-4-6-10-17/h4-15H,3H2,1-2H3,(H,25,27). The van der Waals surface area contributed by atoms with E-state index in [1.807, 2.05) is 0 Å². The predicted octanol–water partition coefficient (Wildman–Crippen LogP) is 4.59. The molecule has 0 saturated heterocycles. The van der Waals surface area contributed by atoms with Gasteiger partial charge in [0.15, 0.2) is 0 Å². The summed E-state index contributed by atoms with van der Waals surface area (Å²) in [6.45, 7) is 1.90. The zero-order valence-corrected chi connectivity index (χ0v) is 19.0. The summed E-state index contributed by atoms with van der Waals surface area (Å²) in [4.78, 5) is 25.0. The molecule has 1 amide bonds. The van der Waals surface area contributed by atoms with Crippen LogP contribution in [0, 0.1) is 0 Å². The lowest BCUT2D eigenvalue weighted by Gasteiger charge is -2.22. The minimum atomic E-state index is -3.87. The van der Waals surface area contributed by atoms with Gasteiger partial charge in [0.1, 0.15) is 0 Å². The number of nitrogens with zero attached hydrogens (tertiary/aromatic N) is 1. The van der Waals surface area contributed by atoms with E-state index in [-0.39, 0.29) is 33.3 Å². The molecule has 0 atom stereocenters. The Kier molecular flexibility index (Phi) is 7.17. The number of rotatable bonds is 7. The molecule has 0 aliphatic heterocycles. The Morgan fingerprint density at radius 1 is 0.969 bits per heavy atom. The number of nitrogens with one attached hydrogen (secondary N) is 1. The third-order valence-corrected chi connectivity index (χ3v) is 6.71. The molecule has 0 unspecified atom stereocenters. The number of anilines is 2. The maximum absolute atomic E-state index is 13.0. The second-order valence-corrected chi connectivity index (χ2v) is 9.05. The van der Waals surface area contributed by atoms with Crippen molar-refractivity contribution in [2.45, 2.75) is 11.8 Å². The minimum absolute atomic E-state index is 0.110. The fourth-order valence-corrected chi connectivity index (χ4v) is 4.48. The fraction of sp³-hybridized carbons (Fsp3) is 0.130. The van der Waals surface area contributed by atoms with Crippen molar-refractivity contribution in [3.8, 4) is 0 Å². The van der Waals surface area contributed by atoms with Gasteiger partial charge in [-0.05, 0) is 49.4 Å². The lowest BCUT2D eigenvalue weighted by Crippen LogP contribution is -2.29. The molecule has 3 aromatic carbocycles. The molecule has 0 saturated carbocycles. The van der Waals surface area contributed by atoms with E-state index >= 15 is 0 Å². The molecule has 0 radical (unpaired) electrons. The average Bonchev–Trinajstić information content (AvgIpc) is 2.79. The van der Waals surface area contributed by atoms with Gasteiger partial charge < -0.3 is 10.1 Å². The number of esters is 1. The number of hydrogen-bond donors (Lipinski definition) is 1. The first kappa shape index (κ1) is 23.3. The highest BCUT2D eigenvalue weighted by Gasteiger charge is 2.25. The van der Waals surface area contributed by atoms with Crippen LogP contribution in [0.4, 0.5) is 11.4 Å². The SMILES string of the molecule is CCOC(=O)c1ccc(NC(=O)c2ccccc2N(C)S(=O)(=O)c2ccccc2)cc1Cl. The molecule has 32 heavy (non-hydrogen) atoms. The number of ether oxygens (including phenoxy) is 1. The summed E-state index contributed by atoms with van der Waals surface area (Å²) >= 11 is 6.16. The van der Waals surface area contributed by atoms with E-state index in [0.717, 1.165) is 4.31 Å². The van der Waals surface area contributed by atoms with Crippen molar-refractivity contribution in [2.75, 3.05) is 23.3 Å². The molecule has 3 aromatic rings. The maximum atomic E-state index is 13.0. The highest BCUT2D eigenvalue weighted by Crippen LogP contribution is 2.27. The van der Waals surface area contributed by atoms with E-state index in [1.54, 1.807) is 43.3 Å². The van der Waals surface area contributed by atoms with Crippen molar-refractivity contribution < 1.29 is 22.7 Å². The number of hydrogen-bond acceptors (Lipinski definition) is 5. The summed E-state index contributed by atoms with van der Waals surface area (Å²) in [5.41, 5.74) is 0.889. The number of para-hydroxylation sites is 1. The highest BCUT2D eigenvalue weighted by molar-refractivity contribution is 7.92. The summed E-state index contributed by atoms with van der Waals surface area (Å²) in [5, 5.41) is 2.81. The van der Waals surface area contributed by atoms with Crippen LogP contribution in [0.25, 0.3) is 0 Å². The lowest BCUT2D eigenvalue weighted by atomic mass is 10.1. The largest absolute Gasteiger partial charge is 0.462 e. The van der Waals surface area contributed by atoms with E-state index in [2.05, 4.69) is 5.32 Å². The first-order valence-electron chi connectivity index (χ1n) is 9.66. The summed E-state index contributed by atoms with van der Waals surface area (Å²) in [6, 6.07) is 18.7. The Balaban J connectivity index is 1.88. The van der Waals surface area contributed by atoms with Crippen molar-refractivity contribution in [1.29, 1.82) is 0 Å². The van der Waals surface area contributed by atoms with E-state index in [4.69, 9.17) is 16.3 Å². The molecule has 3 rings (SSSR count). The molecule has 0 bridgehead atoms. The molecule has 9 heteroatoms. The summed E-state index contributed by atoms with van der Waals surface area (Å²) in [5.74, 6) is -1.09. The van der Waals surface area contributed by atoms with Crippen LogP contribution >= 0.6 is 11.6 Å². The monoisotopic (exact) mass is 472 g/mol. The van der Waals surface area contributed by atoms with Crippen LogP contribution in [0.5, 0.6) is 0 Å². The van der Waals surface area contributed by atoms with E-state index in [0.29, 0.717) is 5.69 Å². The smallest absolute Gasteiger partial charge is 0.339 e. The first-order chi connectivity index (χ1) is 15.3. The van der Waals surface area contributed by atoms with E-state index < -0.39 is 21.9 Å². The third-order valence-electron chi connectivity index (χ3n) is 4.61. The van der Waals surface area contributed by atoms with Gasteiger partial charge in [-0.15, -0.1) is 0 Å². The number of carbonyl (C=O) groups excluding carboxylic acids is 2. The average molecular weight is 473 g/mol. The maximum Gasteiger partial charge on any atom is 0.339 e. The Morgan fingerprint density at radius 2 is 1.62 bits per heavy atom. The zero-order valence-electron chi connectivity index (χ0n) is 17.4. The van der Waals surface area contributed by atoms with Gasteiger partial charge in [-0.3, -0.25) is 9.10 Å². The Hall–Kier alpha value is -3.36. The van der Waals surface area contributed by atoms with Crippen molar-refractivity contribution in [3.05, 3.63) is 88.9 Å². The number of halogens is 1. The Labute approximate surface area is 191 Å². The molecule has 0 fully saturated rings. The van der Waals surface area contributed by atoms with Crippen molar-refractivity contribution in [2.24, 2.45) is 0 Å². The first-order valence-corrected chi connectivity index (χ1v) is 11.5. The summed E-state index contributed by atoms with van der Waals surface area (Å²) in [7, 11) is -2.48. The van der Waals surface area contributed by atoms with Gasteiger partial charge >= 0.3 is 5.97 Å². The number of carbonyl (C=O) groups is 2. The van der Waals surface area contributed by atoms with Crippen LogP contribution in [0.1, 0.15) is 27.6 Å². The zero-order chi connectivity index (χ0) is 23.3. The number of benzene rings is 3. The Bertz CT molecular complexity index is 1250. The molecule has 0 aliphatic rings. The topological polar surface area (TPSA) is 92.8 Å². The van der Waals surface area contributed by atoms with Crippen LogP contribution in [0.2, 0.25) is 5.02 Å². The van der Waals surface area contributed by atoms with Crippen LogP contribution in [-0.2, 0) is 14.8 Å². The molecule has 0 spiro atoms. The summed E-state index contributed by atoms with van der Waals surface area (Å²) < 4.78 is 32.0. The quantitative estimate of drug-likeness (QED) is 0.507. The number of sulfonamides is 1. The highest BCUT2D eigenvalue weighted by atomic mass is 35.5. The molecule has 166 valence electrons. The lowest BCUT2D eigenvalue weighted by molar-refractivity contribution is 0.0526. The Morgan fingerprint density at radius 3 is 2.28 bits per heavy atom. The second-order valence-electron chi connectivity index (χ2n) is 6.67. The minimum Gasteiger partial charge on any atom is -0.462 e. The second kappa shape index (κ2) is 9.84. The number of amides is 1. The molecule has 7 nitrogen and oxygen atoms in total. The van der Waals surface area contributed by atoms with Crippen LogP contribution in [0.3, 0.4) is 0 Å². The van der Waals surface area contributed by atoms with Crippen molar-refractivity contribution in [3.63, 3.8) is 0 Å². The van der Waals surface area contributed by atoms with Gasteiger partial charge in [-0.1, -0.05) is 41.9 Å². The van der Waals surface area contributed by atoms with Crippen LogP contribution < -0.4 is 9.62 Å². The van der Waals surface area contributed by atoms with Gasteiger partial charge in [-0.25, -0.2) is 13.2 Å². The molecule has 0 aromatic heterocycles. The van der Waals surface area contributed by atoms with Gasteiger partial charge in [0.25, 0.3) is 15.9 Å². The molecule has 0 heterocycles. The van der Waals surface area contributed by atoms with Crippen LogP contribution in [0.15, 0.2) is 77.7 Å². The normalized spacial score (nSPS) is 11.0. The van der Waals surface area contributed by atoms with E-state index in [1.165, 1.54) is 43.4 Å². The van der Waals surface area contributed by atoms with Gasteiger partial charge in [0.05, 0.1) is 33.3 Å². The molecular formula is C23H21ClN2O5S. The third kappa shape index (κ3) is 4.92. The van der Waals surface area contributed by atoms with Gasteiger partial charge in [-0.2, -0.15) is 0 Å². The summed E-state index contributed by atoms with van der Waals surface area (Å²) in [6.07, 6.45) is 0. The molecular weight excluding hydrogens is 452 g/mol. The van der Waals surface area contributed by atoms with Gasteiger partial charge in [0.2, 0.25) is 0 Å². The van der Waals surface area contributed by atoms with Crippen molar-refractivity contribution in [1.82, 2.24) is 0 Å². The molecule has 0 aliphatic carbocycles.